The zero-order valence-electron chi connectivity index (χ0n) is 23.7. The van der Waals surface area contributed by atoms with Crippen molar-refractivity contribution in [3.8, 4) is 5.69 Å². The molecule has 0 radical (unpaired) electrons. The van der Waals surface area contributed by atoms with Crippen LogP contribution < -0.4 is 0 Å². The summed E-state index contributed by atoms with van der Waals surface area (Å²) < 4.78 is 33.7. The van der Waals surface area contributed by atoms with Crippen LogP contribution in [-0.4, -0.2) is 56.8 Å². The van der Waals surface area contributed by atoms with Crippen molar-refractivity contribution < 1.29 is 13.4 Å². The molecule has 3 aromatic heterocycles. The lowest BCUT2D eigenvalue weighted by Crippen LogP contribution is -2.51. The molecule has 3 atom stereocenters. The van der Waals surface area contributed by atoms with Crippen molar-refractivity contribution in [2.45, 2.75) is 62.4 Å². The first-order valence-electron chi connectivity index (χ1n) is 14.3. The van der Waals surface area contributed by atoms with Gasteiger partial charge in [0.05, 0.1) is 43.8 Å². The number of fused-ring (bicyclic) bond motifs is 2. The van der Waals surface area contributed by atoms with Crippen LogP contribution in [0.3, 0.4) is 0 Å². The molecule has 3 heterocycles. The number of halogens is 1. The summed E-state index contributed by atoms with van der Waals surface area (Å²) in [6.45, 7) is 1.96. The van der Waals surface area contributed by atoms with Gasteiger partial charge in [-0.15, -0.1) is 0 Å². The number of carbonyl (C=O) groups excluding carboxylic acids is 1. The Balaban J connectivity index is 1.32. The first kappa shape index (κ1) is 27.0. The van der Waals surface area contributed by atoms with Gasteiger partial charge in [-0.2, -0.15) is 10.2 Å². The van der Waals surface area contributed by atoms with Gasteiger partial charge in [0.25, 0.3) is 0 Å². The number of hydrogen-bond acceptors (Lipinski definition) is 5. The number of allylic oxidation sites excluding steroid dienone is 1. The lowest BCUT2D eigenvalue weighted by atomic mass is 9.60. The molecule has 4 aromatic rings. The molecule has 0 N–H and O–H groups in total. The van der Waals surface area contributed by atoms with E-state index in [0.29, 0.717) is 29.9 Å². The van der Waals surface area contributed by atoms with Gasteiger partial charge in [0.15, 0.2) is 5.78 Å². The van der Waals surface area contributed by atoms with E-state index in [2.05, 4.69) is 31.4 Å². The summed E-state index contributed by atoms with van der Waals surface area (Å²) >= 11 is 0. The molecule has 2 fully saturated rings. The maximum atomic E-state index is 14.6. The van der Waals surface area contributed by atoms with Crippen molar-refractivity contribution in [2.24, 2.45) is 12.5 Å². The van der Waals surface area contributed by atoms with Gasteiger partial charge in [-0.05, 0) is 105 Å². The molecule has 7 rings (SSSR count). The SMILES string of the molecule is C=S(=O)(c1cnn(C)c1)N(C1CC1)[C@H]1CCC2=Cc3c(cnn3-c3ccc(F)cc3)C[C@]2(C(=O)c2cc(C)ccn2)C1. The fourth-order valence-corrected chi connectivity index (χ4v) is 8.91. The quantitative estimate of drug-likeness (QED) is 0.226. The Morgan fingerprint density at radius 1 is 1.12 bits per heavy atom. The Bertz CT molecular complexity index is 1840. The molecule has 1 unspecified atom stereocenters. The molecule has 0 spiro atoms. The average Bonchev–Trinajstić information content (AvgIpc) is 3.55. The summed E-state index contributed by atoms with van der Waals surface area (Å²) in [7, 11) is -1.01. The van der Waals surface area contributed by atoms with Crippen molar-refractivity contribution in [1.82, 2.24) is 28.9 Å². The minimum atomic E-state index is -2.82. The van der Waals surface area contributed by atoms with Crippen molar-refractivity contribution in [2.75, 3.05) is 0 Å². The van der Waals surface area contributed by atoms with Crippen LogP contribution in [0.4, 0.5) is 4.39 Å². The highest BCUT2D eigenvalue weighted by Gasteiger charge is 2.53. The van der Waals surface area contributed by atoms with E-state index >= 15 is 0 Å². The minimum Gasteiger partial charge on any atom is -0.291 e. The van der Waals surface area contributed by atoms with Gasteiger partial charge >= 0.3 is 0 Å². The Morgan fingerprint density at radius 3 is 2.60 bits per heavy atom. The highest BCUT2D eigenvalue weighted by molar-refractivity contribution is 7.98. The first-order chi connectivity index (χ1) is 20.2. The van der Waals surface area contributed by atoms with Gasteiger partial charge in [-0.1, -0.05) is 5.57 Å². The Morgan fingerprint density at radius 2 is 1.90 bits per heavy atom. The summed E-state index contributed by atoms with van der Waals surface area (Å²) in [5, 5.41) is 8.93. The molecular formula is C32H33FN6O2S. The maximum Gasteiger partial charge on any atom is 0.191 e. The van der Waals surface area contributed by atoms with Crippen molar-refractivity contribution in [3.63, 3.8) is 0 Å². The Labute approximate surface area is 245 Å². The van der Waals surface area contributed by atoms with Gasteiger partial charge in [-0.25, -0.2) is 17.6 Å². The third-order valence-corrected chi connectivity index (χ3v) is 11.2. The number of aryl methyl sites for hydroxylation is 2. The highest BCUT2D eigenvalue weighted by Crippen LogP contribution is 2.52. The molecule has 10 heteroatoms. The van der Waals surface area contributed by atoms with Crippen LogP contribution in [0, 0.1) is 18.2 Å². The maximum absolute atomic E-state index is 14.6. The number of rotatable bonds is 7. The van der Waals surface area contributed by atoms with E-state index in [4.69, 9.17) is 0 Å². The summed E-state index contributed by atoms with van der Waals surface area (Å²) in [5.74, 6) is 3.94. The molecule has 8 nitrogen and oxygen atoms in total. The summed E-state index contributed by atoms with van der Waals surface area (Å²) in [5.41, 5.74) is 4.21. The zero-order chi connectivity index (χ0) is 29.2. The fraction of sp³-hybridized carbons (Fsp3) is 0.344. The van der Waals surface area contributed by atoms with Crippen LogP contribution >= 0.6 is 0 Å². The van der Waals surface area contributed by atoms with E-state index < -0.39 is 15.1 Å². The number of benzene rings is 1. The second-order valence-electron chi connectivity index (χ2n) is 11.9. The summed E-state index contributed by atoms with van der Waals surface area (Å²) in [6, 6.07) is 10.1. The van der Waals surface area contributed by atoms with Crippen LogP contribution in [0.25, 0.3) is 11.8 Å². The molecule has 42 heavy (non-hydrogen) atoms. The largest absolute Gasteiger partial charge is 0.291 e. The van der Waals surface area contributed by atoms with Crippen molar-refractivity contribution >= 4 is 27.4 Å². The van der Waals surface area contributed by atoms with Crippen LogP contribution in [0.5, 0.6) is 0 Å². The topological polar surface area (TPSA) is 85.9 Å². The van der Waals surface area contributed by atoms with E-state index in [9.17, 15) is 13.4 Å². The van der Waals surface area contributed by atoms with Crippen LogP contribution in [0.1, 0.15) is 59.4 Å². The minimum absolute atomic E-state index is 0.0185. The van der Waals surface area contributed by atoms with E-state index in [-0.39, 0.29) is 23.7 Å². The van der Waals surface area contributed by atoms with E-state index in [1.165, 1.54) is 12.1 Å². The van der Waals surface area contributed by atoms with E-state index in [1.807, 2.05) is 37.0 Å². The molecule has 3 aliphatic carbocycles. The summed E-state index contributed by atoms with van der Waals surface area (Å²) in [6.07, 6.45) is 13.3. The highest BCUT2D eigenvalue weighted by atomic mass is 32.2. The molecule has 0 amide bonds. The van der Waals surface area contributed by atoms with Crippen LogP contribution in [0.2, 0.25) is 0 Å². The number of carbonyl (C=O) groups is 1. The molecule has 0 bridgehead atoms. The number of nitrogens with zero attached hydrogens (tertiary/aromatic N) is 6. The molecule has 0 aliphatic heterocycles. The predicted octanol–water partition coefficient (Wildman–Crippen LogP) is 4.96. The van der Waals surface area contributed by atoms with Gasteiger partial charge in [0.2, 0.25) is 0 Å². The number of pyridine rings is 1. The molecule has 1 aromatic carbocycles. The molecule has 216 valence electrons. The van der Waals surface area contributed by atoms with Gasteiger partial charge in [0, 0.05) is 31.5 Å². The molecular weight excluding hydrogens is 551 g/mol. The van der Waals surface area contributed by atoms with E-state index in [0.717, 1.165) is 47.3 Å². The van der Waals surface area contributed by atoms with Crippen molar-refractivity contribution in [3.05, 3.63) is 95.1 Å². The third-order valence-electron chi connectivity index (χ3n) is 8.95. The standard InChI is InChI=1S/C32H33FN6O2S/c1-21-12-13-34-29(14-21)31(40)32-16-22-18-36-38(25-8-5-24(33)6-9-25)30(22)15-23(32)4-7-27(17-32)39(26-10-11-26)42(3,41)28-19-35-37(2)20-28/h5-6,8-9,12-15,18-20,26-27H,3-4,7,10-11,16-17H2,1-2H3/t27-,32-,42?/m0/s1. The Hall–Kier alpha value is -3.89. The van der Waals surface area contributed by atoms with Crippen LogP contribution in [-0.2, 0) is 23.2 Å². The number of Topliss-reactive ketones (excluding diaryl/α,β-unsaturated/α-hetero) is 1. The average molecular weight is 585 g/mol. The number of aromatic nitrogens is 5. The normalized spacial score (nSPS) is 23.1. The monoisotopic (exact) mass is 584 g/mol. The van der Waals surface area contributed by atoms with Gasteiger partial charge < -0.3 is 0 Å². The van der Waals surface area contributed by atoms with Crippen molar-refractivity contribution in [1.29, 1.82) is 0 Å². The fourth-order valence-electron chi connectivity index (χ4n) is 6.79. The lowest BCUT2D eigenvalue weighted by molar-refractivity contribution is 0.0736. The smallest absolute Gasteiger partial charge is 0.191 e. The van der Waals surface area contributed by atoms with Gasteiger partial charge in [-0.3, -0.25) is 14.5 Å². The Kier molecular flexibility index (Phi) is 6.32. The molecule has 3 aliphatic rings. The summed E-state index contributed by atoms with van der Waals surface area (Å²) in [4.78, 5) is 19.7. The number of hydrogen-bond donors (Lipinski definition) is 0. The second-order valence-corrected chi connectivity index (χ2v) is 14.1. The predicted molar refractivity (Wildman–Crippen MR) is 160 cm³/mol. The van der Waals surface area contributed by atoms with Crippen LogP contribution in [0.15, 0.2) is 71.7 Å². The number of ketones is 1. The lowest BCUT2D eigenvalue weighted by Gasteiger charge is -2.47. The third kappa shape index (κ3) is 4.44. The zero-order valence-corrected chi connectivity index (χ0v) is 24.6. The first-order valence-corrected chi connectivity index (χ1v) is 16.0. The molecule has 0 saturated heterocycles. The van der Waals surface area contributed by atoms with Gasteiger partial charge in [0.1, 0.15) is 11.5 Å². The molecule has 2 saturated carbocycles. The van der Waals surface area contributed by atoms with E-state index in [1.54, 1.807) is 35.4 Å². The second kappa shape index (κ2) is 9.84.